The first kappa shape index (κ1) is 21.6. The third-order valence-corrected chi connectivity index (χ3v) is 4.08. The molecule has 0 radical (unpaired) electrons. The molecular formula is C16H15NaO7S. The van der Waals surface area contributed by atoms with E-state index in [1.807, 2.05) is 0 Å². The Morgan fingerprint density at radius 1 is 0.960 bits per heavy atom. The van der Waals surface area contributed by atoms with E-state index in [-0.39, 0.29) is 59.3 Å². The number of ether oxygens (including phenoxy) is 2. The maximum absolute atomic E-state index is 11.8. The fraction of sp³-hybridized carbons (Fsp3) is 0.250. The van der Waals surface area contributed by atoms with Crippen molar-refractivity contribution in [3.63, 3.8) is 0 Å². The van der Waals surface area contributed by atoms with E-state index in [2.05, 4.69) is 0 Å². The summed E-state index contributed by atoms with van der Waals surface area (Å²) in [6.07, 6.45) is 0. The van der Waals surface area contributed by atoms with E-state index in [1.165, 1.54) is 24.3 Å². The van der Waals surface area contributed by atoms with Crippen LogP contribution >= 0.6 is 0 Å². The molecular weight excluding hydrogens is 359 g/mol. The molecule has 7 nitrogen and oxygen atoms in total. The van der Waals surface area contributed by atoms with E-state index >= 15 is 0 Å². The molecule has 2 aromatic rings. The van der Waals surface area contributed by atoms with Crippen LogP contribution in [-0.4, -0.2) is 38.1 Å². The smallest absolute Gasteiger partial charge is 0.744 e. The van der Waals surface area contributed by atoms with Gasteiger partial charge in [-0.25, -0.2) is 18.0 Å². The Kier molecular flexibility index (Phi) is 7.58. The summed E-state index contributed by atoms with van der Waals surface area (Å²) in [5, 5.41) is 0.367. The molecule has 128 valence electrons. The SMILES string of the molecule is CCOC(=O)c1cc(S(=O)(=O)[O-])c2cc(C(=O)OCC)ccc2c1.[Na+]. The number of benzene rings is 2. The van der Waals surface area contributed by atoms with Gasteiger partial charge in [0.25, 0.3) is 0 Å². The number of carbonyl (C=O) groups excluding carboxylic acids is 2. The van der Waals surface area contributed by atoms with Crippen LogP contribution in [0.3, 0.4) is 0 Å². The van der Waals surface area contributed by atoms with Gasteiger partial charge in [-0.15, -0.1) is 0 Å². The van der Waals surface area contributed by atoms with Gasteiger partial charge in [0.2, 0.25) is 0 Å². The summed E-state index contributed by atoms with van der Waals surface area (Å²) < 4.78 is 44.4. The average Bonchev–Trinajstić information content (AvgIpc) is 2.52. The second-order valence-corrected chi connectivity index (χ2v) is 6.15. The number of carbonyl (C=O) groups is 2. The van der Waals surface area contributed by atoms with E-state index in [1.54, 1.807) is 13.8 Å². The minimum atomic E-state index is -4.87. The van der Waals surface area contributed by atoms with Gasteiger partial charge >= 0.3 is 41.5 Å². The molecule has 0 heterocycles. The van der Waals surface area contributed by atoms with Crippen molar-refractivity contribution in [1.82, 2.24) is 0 Å². The fourth-order valence-corrected chi connectivity index (χ4v) is 2.92. The number of fused-ring (bicyclic) bond motifs is 1. The zero-order valence-electron chi connectivity index (χ0n) is 14.1. The van der Waals surface area contributed by atoms with Gasteiger partial charge in [-0.2, -0.15) is 0 Å². The van der Waals surface area contributed by atoms with E-state index in [4.69, 9.17) is 9.47 Å². The van der Waals surface area contributed by atoms with Gasteiger partial charge in [0.05, 0.1) is 29.2 Å². The summed E-state index contributed by atoms with van der Waals surface area (Å²) in [5.74, 6) is -1.37. The van der Waals surface area contributed by atoms with Crippen molar-refractivity contribution in [2.24, 2.45) is 0 Å². The van der Waals surface area contributed by atoms with E-state index in [9.17, 15) is 22.6 Å². The van der Waals surface area contributed by atoms with Gasteiger partial charge in [0.1, 0.15) is 10.1 Å². The predicted molar refractivity (Wildman–Crippen MR) is 83.8 cm³/mol. The molecule has 0 N–H and O–H groups in total. The summed E-state index contributed by atoms with van der Waals surface area (Å²) in [5.41, 5.74) is 0.0563. The van der Waals surface area contributed by atoms with Crippen molar-refractivity contribution in [3.8, 4) is 0 Å². The zero-order chi connectivity index (χ0) is 17.9. The normalized spacial score (nSPS) is 10.8. The molecule has 0 aliphatic rings. The maximum atomic E-state index is 11.8. The van der Waals surface area contributed by atoms with E-state index in [0.29, 0.717) is 5.39 Å². The zero-order valence-corrected chi connectivity index (χ0v) is 16.9. The summed E-state index contributed by atoms with van der Waals surface area (Å²) >= 11 is 0. The summed E-state index contributed by atoms with van der Waals surface area (Å²) in [7, 11) is -4.87. The first-order valence-corrected chi connectivity index (χ1v) is 8.56. The second-order valence-electron chi connectivity index (χ2n) is 4.81. The van der Waals surface area contributed by atoms with Crippen LogP contribution in [0.25, 0.3) is 10.8 Å². The molecule has 0 unspecified atom stereocenters. The molecule has 0 saturated heterocycles. The molecule has 0 aliphatic carbocycles. The van der Waals surface area contributed by atoms with E-state index < -0.39 is 27.0 Å². The van der Waals surface area contributed by atoms with Crippen LogP contribution in [0.5, 0.6) is 0 Å². The molecule has 0 amide bonds. The van der Waals surface area contributed by atoms with Crippen molar-refractivity contribution < 1.29 is 61.6 Å². The number of rotatable bonds is 5. The Morgan fingerprint density at radius 2 is 1.52 bits per heavy atom. The van der Waals surface area contributed by atoms with Crippen molar-refractivity contribution in [2.45, 2.75) is 18.7 Å². The Morgan fingerprint density at radius 3 is 2.04 bits per heavy atom. The van der Waals surface area contributed by atoms with Crippen molar-refractivity contribution in [2.75, 3.05) is 13.2 Å². The molecule has 25 heavy (non-hydrogen) atoms. The average molecular weight is 374 g/mol. The van der Waals surface area contributed by atoms with Crippen molar-refractivity contribution in [3.05, 3.63) is 41.5 Å². The molecule has 0 fully saturated rings. The number of esters is 2. The maximum Gasteiger partial charge on any atom is 1.00 e. The Balaban J connectivity index is 0.00000312. The minimum Gasteiger partial charge on any atom is -0.744 e. The van der Waals surface area contributed by atoms with Crippen molar-refractivity contribution >= 4 is 32.8 Å². The standard InChI is InChI=1S/C16H16O7S.Na/c1-3-22-15(17)11-6-5-10-7-12(16(18)23-4-2)9-14(13(10)8-11)24(19,20)21;/h5-9H,3-4H2,1-2H3,(H,19,20,21);/q;+1/p-1. The molecule has 0 aromatic heterocycles. The largest absolute Gasteiger partial charge is 1.00 e. The van der Waals surface area contributed by atoms with Gasteiger partial charge in [0.15, 0.2) is 0 Å². The van der Waals surface area contributed by atoms with Crippen LogP contribution in [0.4, 0.5) is 0 Å². The third-order valence-electron chi connectivity index (χ3n) is 3.21. The van der Waals surface area contributed by atoms with Crippen LogP contribution in [0, 0.1) is 0 Å². The van der Waals surface area contributed by atoms with Crippen LogP contribution in [0.1, 0.15) is 34.6 Å². The van der Waals surface area contributed by atoms with Crippen LogP contribution < -0.4 is 29.6 Å². The molecule has 0 atom stereocenters. The van der Waals surface area contributed by atoms with Crippen LogP contribution in [0.2, 0.25) is 0 Å². The Hall–Kier alpha value is -1.45. The molecule has 0 spiro atoms. The van der Waals surface area contributed by atoms with Gasteiger partial charge < -0.3 is 14.0 Å². The van der Waals surface area contributed by atoms with Gasteiger partial charge in [-0.05, 0) is 43.5 Å². The topological polar surface area (TPSA) is 110 Å². The molecule has 0 saturated carbocycles. The van der Waals surface area contributed by atoms with E-state index in [0.717, 1.165) is 6.07 Å². The summed E-state index contributed by atoms with van der Waals surface area (Å²) in [6.45, 7) is 3.51. The van der Waals surface area contributed by atoms with Crippen LogP contribution in [0.15, 0.2) is 35.2 Å². The summed E-state index contributed by atoms with van der Waals surface area (Å²) in [4.78, 5) is 23.0. The van der Waals surface area contributed by atoms with Crippen molar-refractivity contribution in [1.29, 1.82) is 0 Å². The molecule has 2 rings (SSSR count). The third kappa shape index (κ3) is 5.02. The quantitative estimate of drug-likeness (QED) is 0.379. The Labute approximate surface area is 167 Å². The number of hydrogen-bond acceptors (Lipinski definition) is 7. The molecule has 0 bridgehead atoms. The first-order chi connectivity index (χ1) is 11.3. The second kappa shape index (κ2) is 8.77. The summed E-state index contributed by atoms with van der Waals surface area (Å²) in [6, 6.07) is 6.48. The predicted octanol–water partition coefficient (Wildman–Crippen LogP) is -0.899. The van der Waals surface area contributed by atoms with Crippen LogP contribution in [-0.2, 0) is 19.6 Å². The van der Waals surface area contributed by atoms with Gasteiger partial charge in [0, 0.05) is 5.39 Å². The Bertz CT molecular complexity index is 906. The monoisotopic (exact) mass is 374 g/mol. The van der Waals surface area contributed by atoms with Gasteiger partial charge in [-0.1, -0.05) is 6.07 Å². The number of hydrogen-bond donors (Lipinski definition) is 0. The first-order valence-electron chi connectivity index (χ1n) is 7.15. The minimum absolute atomic E-state index is 0. The fourth-order valence-electron chi connectivity index (χ4n) is 2.20. The molecule has 0 aliphatic heterocycles. The molecule has 9 heteroatoms. The molecule has 2 aromatic carbocycles. The van der Waals surface area contributed by atoms with Gasteiger partial charge in [-0.3, -0.25) is 0 Å².